The Balaban J connectivity index is 3.28. The summed E-state index contributed by atoms with van der Waals surface area (Å²) in [7, 11) is 0. The van der Waals surface area contributed by atoms with Gasteiger partial charge >= 0.3 is 0 Å². The van der Waals surface area contributed by atoms with Gasteiger partial charge in [0.15, 0.2) is 5.78 Å². The van der Waals surface area contributed by atoms with Crippen molar-refractivity contribution in [1.29, 1.82) is 0 Å². The molecule has 0 aliphatic heterocycles. The molecule has 1 aromatic rings. The molecule has 0 atom stereocenters. The predicted molar refractivity (Wildman–Crippen MR) is 53.7 cm³/mol. The average molecular weight is 266 g/mol. The number of hydrogen-bond acceptors (Lipinski definition) is 1. The van der Waals surface area contributed by atoms with Gasteiger partial charge in [-0.2, -0.15) is 0 Å². The summed E-state index contributed by atoms with van der Waals surface area (Å²) in [4.78, 5) is 11.3. The van der Waals surface area contributed by atoms with E-state index in [0.29, 0.717) is 10.9 Å². The zero-order valence-electron chi connectivity index (χ0n) is 6.90. The molecule has 0 spiro atoms. The summed E-state index contributed by atoms with van der Waals surface area (Å²) in [5, 5.41) is 0.272. The van der Waals surface area contributed by atoms with E-state index in [4.69, 9.17) is 11.6 Å². The fourth-order valence-corrected chi connectivity index (χ4v) is 1.60. The molecule has 0 fully saturated rings. The number of hydrogen-bond donors (Lipinski definition) is 0. The Morgan fingerprint density at radius 3 is 2.77 bits per heavy atom. The van der Waals surface area contributed by atoms with E-state index in [2.05, 4.69) is 15.9 Å². The number of halogens is 3. The van der Waals surface area contributed by atoms with E-state index in [1.807, 2.05) is 0 Å². The van der Waals surface area contributed by atoms with Crippen molar-refractivity contribution in [3.63, 3.8) is 0 Å². The van der Waals surface area contributed by atoms with Crippen LogP contribution in [0.1, 0.15) is 23.7 Å². The third-order valence-corrected chi connectivity index (χ3v) is 2.88. The highest BCUT2D eigenvalue weighted by Gasteiger charge is 2.12. The maximum atomic E-state index is 12.9. The minimum Gasteiger partial charge on any atom is -0.294 e. The molecule has 0 radical (unpaired) electrons. The number of carbonyl (C=O) groups is 1. The van der Waals surface area contributed by atoms with Crippen molar-refractivity contribution in [1.82, 2.24) is 0 Å². The molecular weight excluding hydrogens is 258 g/mol. The van der Waals surface area contributed by atoms with Crippen molar-refractivity contribution in [3.05, 3.63) is 33.0 Å². The van der Waals surface area contributed by atoms with E-state index < -0.39 is 5.82 Å². The van der Waals surface area contributed by atoms with Gasteiger partial charge in [0.05, 0.1) is 5.02 Å². The summed E-state index contributed by atoms with van der Waals surface area (Å²) in [6.45, 7) is 1.71. The summed E-state index contributed by atoms with van der Waals surface area (Å²) < 4.78 is 13.3. The molecule has 1 rings (SSSR count). The first-order chi connectivity index (χ1) is 6.06. The van der Waals surface area contributed by atoms with Crippen LogP contribution in [0.25, 0.3) is 0 Å². The highest BCUT2D eigenvalue weighted by atomic mass is 79.9. The molecule has 1 nitrogen and oxygen atoms in total. The number of Topliss-reactive ketones (excluding diaryl/α,β-unsaturated/α-hetero) is 1. The summed E-state index contributed by atoms with van der Waals surface area (Å²) in [6.07, 6.45) is 0.315. The lowest BCUT2D eigenvalue weighted by Crippen LogP contribution is -1.99. The maximum absolute atomic E-state index is 12.9. The average Bonchev–Trinajstić information content (AvgIpc) is 2.10. The van der Waals surface area contributed by atoms with Crippen LogP contribution in [0.2, 0.25) is 5.02 Å². The smallest absolute Gasteiger partial charge is 0.164 e. The lowest BCUT2D eigenvalue weighted by molar-refractivity contribution is 0.0988. The molecule has 70 valence electrons. The Morgan fingerprint density at radius 2 is 2.23 bits per heavy atom. The van der Waals surface area contributed by atoms with Crippen LogP contribution in [-0.4, -0.2) is 5.78 Å². The zero-order valence-corrected chi connectivity index (χ0v) is 9.25. The molecule has 0 unspecified atom stereocenters. The fourth-order valence-electron chi connectivity index (χ4n) is 0.949. The Bertz CT molecular complexity index is 352. The van der Waals surface area contributed by atoms with Gasteiger partial charge in [-0.15, -0.1) is 0 Å². The Labute approximate surface area is 89.0 Å². The lowest BCUT2D eigenvalue weighted by Gasteiger charge is -2.03. The van der Waals surface area contributed by atoms with Crippen LogP contribution in [-0.2, 0) is 0 Å². The summed E-state index contributed by atoms with van der Waals surface area (Å²) in [6, 6.07) is 2.38. The molecule has 0 saturated heterocycles. The Hall–Kier alpha value is -0.410. The number of rotatable bonds is 2. The first-order valence-corrected chi connectivity index (χ1v) is 4.91. The van der Waals surface area contributed by atoms with Crippen molar-refractivity contribution in [2.75, 3.05) is 0 Å². The molecule has 0 aromatic heterocycles. The SMILES string of the molecule is CCC(=O)c1cc(F)cc(Br)c1Cl. The number of ketones is 1. The number of carbonyl (C=O) groups excluding carboxylic acids is 1. The van der Waals surface area contributed by atoms with Crippen molar-refractivity contribution in [2.24, 2.45) is 0 Å². The van der Waals surface area contributed by atoms with Crippen LogP contribution in [0.5, 0.6) is 0 Å². The molecule has 0 aliphatic carbocycles. The van der Waals surface area contributed by atoms with Gasteiger partial charge < -0.3 is 0 Å². The van der Waals surface area contributed by atoms with Crippen LogP contribution in [0.3, 0.4) is 0 Å². The second kappa shape index (κ2) is 4.20. The summed E-state index contributed by atoms with van der Waals surface area (Å²) >= 11 is 8.87. The largest absolute Gasteiger partial charge is 0.294 e. The van der Waals surface area contributed by atoms with Gasteiger partial charge in [0.2, 0.25) is 0 Å². The Kier molecular flexibility index (Phi) is 3.45. The minimum absolute atomic E-state index is 0.162. The highest BCUT2D eigenvalue weighted by Crippen LogP contribution is 2.28. The van der Waals surface area contributed by atoms with Gasteiger partial charge in [0, 0.05) is 16.5 Å². The van der Waals surface area contributed by atoms with Crippen LogP contribution in [0.15, 0.2) is 16.6 Å². The minimum atomic E-state index is -0.465. The van der Waals surface area contributed by atoms with E-state index in [1.165, 1.54) is 6.07 Å². The van der Waals surface area contributed by atoms with E-state index >= 15 is 0 Å². The van der Waals surface area contributed by atoms with E-state index in [1.54, 1.807) is 6.92 Å². The maximum Gasteiger partial charge on any atom is 0.164 e. The van der Waals surface area contributed by atoms with Gasteiger partial charge in [0.1, 0.15) is 5.82 Å². The first-order valence-electron chi connectivity index (χ1n) is 3.74. The topological polar surface area (TPSA) is 17.1 Å². The van der Waals surface area contributed by atoms with Crippen molar-refractivity contribution >= 4 is 33.3 Å². The molecule has 0 amide bonds. The van der Waals surface area contributed by atoms with Crippen molar-refractivity contribution in [2.45, 2.75) is 13.3 Å². The quantitative estimate of drug-likeness (QED) is 0.586. The predicted octanol–water partition coefficient (Wildman–Crippen LogP) is 3.83. The molecule has 0 bridgehead atoms. The van der Waals surface area contributed by atoms with Crippen LogP contribution < -0.4 is 0 Å². The first kappa shape index (κ1) is 10.7. The molecule has 0 saturated carbocycles. The van der Waals surface area contributed by atoms with E-state index in [0.717, 1.165) is 6.07 Å². The second-order valence-electron chi connectivity index (χ2n) is 2.53. The third kappa shape index (κ3) is 2.29. The van der Waals surface area contributed by atoms with Crippen LogP contribution in [0.4, 0.5) is 4.39 Å². The third-order valence-electron chi connectivity index (χ3n) is 1.61. The van der Waals surface area contributed by atoms with Gasteiger partial charge in [-0.25, -0.2) is 4.39 Å². The van der Waals surface area contributed by atoms with Crippen LogP contribution >= 0.6 is 27.5 Å². The van der Waals surface area contributed by atoms with Crippen molar-refractivity contribution in [3.8, 4) is 0 Å². The molecular formula is C9H7BrClFO. The van der Waals surface area contributed by atoms with Crippen LogP contribution in [0, 0.1) is 5.82 Å². The molecule has 1 aromatic carbocycles. The molecule has 0 heterocycles. The van der Waals surface area contributed by atoms with Crippen molar-refractivity contribution < 1.29 is 9.18 Å². The molecule has 0 aliphatic rings. The summed E-state index contributed by atoms with van der Waals surface area (Å²) in [5.41, 5.74) is 0.232. The molecule has 0 N–H and O–H groups in total. The van der Waals surface area contributed by atoms with E-state index in [9.17, 15) is 9.18 Å². The molecule has 13 heavy (non-hydrogen) atoms. The van der Waals surface area contributed by atoms with E-state index in [-0.39, 0.29) is 16.4 Å². The van der Waals surface area contributed by atoms with Gasteiger partial charge in [0.25, 0.3) is 0 Å². The zero-order chi connectivity index (χ0) is 10.0. The number of benzene rings is 1. The monoisotopic (exact) mass is 264 g/mol. The van der Waals surface area contributed by atoms with Gasteiger partial charge in [-0.1, -0.05) is 18.5 Å². The highest BCUT2D eigenvalue weighted by molar-refractivity contribution is 9.10. The second-order valence-corrected chi connectivity index (χ2v) is 3.76. The Morgan fingerprint density at radius 1 is 1.62 bits per heavy atom. The normalized spacial score (nSPS) is 10.2. The molecule has 4 heteroatoms. The lowest BCUT2D eigenvalue weighted by atomic mass is 10.1. The van der Waals surface area contributed by atoms with Gasteiger partial charge in [-0.05, 0) is 28.1 Å². The standard InChI is InChI=1S/C9H7BrClFO/c1-2-8(13)6-3-5(12)4-7(10)9(6)11/h3-4H,2H2,1H3. The van der Waals surface area contributed by atoms with Gasteiger partial charge in [-0.3, -0.25) is 4.79 Å². The summed E-state index contributed by atoms with van der Waals surface area (Å²) in [5.74, 6) is -0.627. The fraction of sp³-hybridized carbons (Fsp3) is 0.222.